The third kappa shape index (κ3) is 5.47. The highest BCUT2D eigenvalue weighted by atomic mass is 35.5. The number of halogens is 1. The molecule has 10 heteroatoms. The number of ether oxygens (including phenoxy) is 2. The average molecular weight is 516 g/mol. The molecule has 35 heavy (non-hydrogen) atoms. The highest BCUT2D eigenvalue weighted by Gasteiger charge is 2.27. The van der Waals surface area contributed by atoms with Gasteiger partial charge in [0.15, 0.2) is 18.7 Å². The Morgan fingerprint density at radius 3 is 2.66 bits per heavy atom. The quantitative estimate of drug-likeness (QED) is 0.319. The summed E-state index contributed by atoms with van der Waals surface area (Å²) >= 11 is 7.51. The van der Waals surface area contributed by atoms with Crippen LogP contribution in [0.5, 0.6) is 0 Å². The monoisotopic (exact) mass is 515 g/mol. The number of thiophene rings is 1. The van der Waals surface area contributed by atoms with Gasteiger partial charge >= 0.3 is 11.9 Å². The number of benzene rings is 1. The lowest BCUT2D eigenvalue weighted by Gasteiger charge is -2.12. The maximum atomic E-state index is 12.6. The second kappa shape index (κ2) is 10.9. The zero-order valence-electron chi connectivity index (χ0n) is 18.9. The number of rotatable bonds is 8. The van der Waals surface area contributed by atoms with Gasteiger partial charge < -0.3 is 19.2 Å². The van der Waals surface area contributed by atoms with Crippen LogP contribution in [0, 0.1) is 0 Å². The largest absolute Gasteiger partial charge is 0.462 e. The summed E-state index contributed by atoms with van der Waals surface area (Å²) in [6.45, 7) is 1.38. The number of aryl methyl sites for hydroxylation is 1. The van der Waals surface area contributed by atoms with Crippen molar-refractivity contribution in [3.05, 3.63) is 62.7 Å². The van der Waals surface area contributed by atoms with Crippen molar-refractivity contribution in [3.63, 3.8) is 0 Å². The van der Waals surface area contributed by atoms with E-state index in [0.29, 0.717) is 28.2 Å². The van der Waals surface area contributed by atoms with E-state index in [1.54, 1.807) is 19.1 Å². The van der Waals surface area contributed by atoms with E-state index < -0.39 is 24.5 Å². The van der Waals surface area contributed by atoms with Crippen LogP contribution in [0.4, 0.5) is 5.00 Å². The third-order valence-corrected chi connectivity index (χ3v) is 6.99. The summed E-state index contributed by atoms with van der Waals surface area (Å²) in [7, 11) is 0. The molecule has 2 aromatic heterocycles. The zero-order valence-corrected chi connectivity index (χ0v) is 20.4. The van der Waals surface area contributed by atoms with Crippen LogP contribution in [0.3, 0.4) is 0 Å². The van der Waals surface area contributed by atoms with E-state index in [0.717, 1.165) is 36.1 Å². The SMILES string of the molecule is CCOC(=O)c1c(NC(=O)COC(=O)c2cc(-c3ccc(C=O)o3)ccc2Cl)sc2c1CCCC2. The lowest BCUT2D eigenvalue weighted by molar-refractivity contribution is -0.119. The van der Waals surface area contributed by atoms with Crippen LogP contribution in [0.2, 0.25) is 5.02 Å². The first-order chi connectivity index (χ1) is 16.9. The molecule has 1 aliphatic rings. The summed E-state index contributed by atoms with van der Waals surface area (Å²) in [5, 5.41) is 3.23. The number of fused-ring (bicyclic) bond motifs is 1. The first-order valence-electron chi connectivity index (χ1n) is 11.0. The van der Waals surface area contributed by atoms with Gasteiger partial charge in [0.25, 0.3) is 5.91 Å². The van der Waals surface area contributed by atoms with Crippen molar-refractivity contribution < 1.29 is 33.1 Å². The molecule has 1 aliphatic carbocycles. The summed E-state index contributed by atoms with van der Waals surface area (Å²) in [6.07, 6.45) is 4.16. The van der Waals surface area contributed by atoms with Crippen molar-refractivity contribution in [2.75, 3.05) is 18.5 Å². The number of hydrogen-bond donors (Lipinski definition) is 1. The second-order valence-electron chi connectivity index (χ2n) is 7.77. The van der Waals surface area contributed by atoms with Crippen molar-refractivity contribution in [2.45, 2.75) is 32.6 Å². The van der Waals surface area contributed by atoms with E-state index >= 15 is 0 Å². The Morgan fingerprint density at radius 2 is 1.91 bits per heavy atom. The molecule has 1 amide bonds. The van der Waals surface area contributed by atoms with E-state index in [9.17, 15) is 19.2 Å². The number of anilines is 1. The first kappa shape index (κ1) is 24.7. The number of carbonyl (C=O) groups is 4. The van der Waals surface area contributed by atoms with Gasteiger partial charge in [-0.2, -0.15) is 0 Å². The normalized spacial score (nSPS) is 12.5. The van der Waals surface area contributed by atoms with E-state index in [1.165, 1.54) is 29.5 Å². The Morgan fingerprint density at radius 1 is 1.11 bits per heavy atom. The van der Waals surface area contributed by atoms with Crippen molar-refractivity contribution >= 4 is 52.1 Å². The predicted octanol–water partition coefficient (Wildman–Crippen LogP) is 5.33. The molecule has 182 valence electrons. The number of carbonyl (C=O) groups excluding carboxylic acids is 4. The molecule has 0 atom stereocenters. The molecule has 1 aromatic carbocycles. The number of esters is 2. The Kier molecular flexibility index (Phi) is 7.67. The summed E-state index contributed by atoms with van der Waals surface area (Å²) in [6, 6.07) is 7.69. The fraction of sp³-hybridized carbons (Fsp3) is 0.280. The van der Waals surface area contributed by atoms with E-state index in [-0.39, 0.29) is 23.0 Å². The number of furan rings is 1. The highest BCUT2D eigenvalue weighted by molar-refractivity contribution is 7.17. The van der Waals surface area contributed by atoms with Crippen molar-refractivity contribution in [1.82, 2.24) is 0 Å². The van der Waals surface area contributed by atoms with E-state index in [2.05, 4.69) is 5.32 Å². The smallest absolute Gasteiger partial charge is 0.341 e. The Hall–Kier alpha value is -3.43. The molecule has 0 unspecified atom stereocenters. The van der Waals surface area contributed by atoms with Gasteiger partial charge in [-0.1, -0.05) is 11.6 Å². The Bertz CT molecular complexity index is 1290. The average Bonchev–Trinajstić information content (AvgIpc) is 3.47. The van der Waals surface area contributed by atoms with Crippen molar-refractivity contribution in [1.29, 1.82) is 0 Å². The minimum atomic E-state index is -0.801. The molecule has 0 saturated carbocycles. The standard InChI is InChI=1S/C25H22ClNO7S/c1-2-32-25(31)22-16-5-3-4-6-20(16)35-23(22)27-21(29)13-33-24(30)17-11-14(7-9-18(17)26)19-10-8-15(12-28)34-19/h7-12H,2-6,13H2,1H3,(H,27,29). The molecule has 0 saturated heterocycles. The lowest BCUT2D eigenvalue weighted by atomic mass is 9.95. The molecule has 3 aromatic rings. The topological polar surface area (TPSA) is 112 Å². The van der Waals surface area contributed by atoms with Gasteiger partial charge in [-0.15, -0.1) is 11.3 Å². The van der Waals surface area contributed by atoms with Gasteiger partial charge in [0.2, 0.25) is 0 Å². The summed E-state index contributed by atoms with van der Waals surface area (Å²) < 4.78 is 15.7. The molecular weight excluding hydrogens is 494 g/mol. The molecule has 2 heterocycles. The molecular formula is C25H22ClNO7S. The molecule has 0 bridgehead atoms. The van der Waals surface area contributed by atoms with Crippen LogP contribution < -0.4 is 5.32 Å². The number of amides is 1. The first-order valence-corrected chi connectivity index (χ1v) is 12.2. The number of hydrogen-bond acceptors (Lipinski definition) is 8. The Balaban J connectivity index is 1.45. The van der Waals surface area contributed by atoms with Gasteiger partial charge in [-0.3, -0.25) is 9.59 Å². The van der Waals surface area contributed by atoms with Gasteiger partial charge in [-0.25, -0.2) is 9.59 Å². The van der Waals surface area contributed by atoms with Crippen LogP contribution in [-0.4, -0.2) is 37.3 Å². The maximum Gasteiger partial charge on any atom is 0.341 e. The summed E-state index contributed by atoms with van der Waals surface area (Å²) in [4.78, 5) is 49.7. The maximum absolute atomic E-state index is 12.6. The third-order valence-electron chi connectivity index (χ3n) is 5.45. The van der Waals surface area contributed by atoms with Crippen LogP contribution >= 0.6 is 22.9 Å². The fourth-order valence-corrected chi connectivity index (χ4v) is 5.34. The van der Waals surface area contributed by atoms with E-state index in [1.807, 2.05) is 0 Å². The van der Waals surface area contributed by atoms with E-state index in [4.69, 9.17) is 25.5 Å². The number of aldehydes is 1. The van der Waals surface area contributed by atoms with Crippen LogP contribution in [0.1, 0.15) is 61.5 Å². The highest BCUT2D eigenvalue weighted by Crippen LogP contribution is 2.38. The van der Waals surface area contributed by atoms with Gasteiger partial charge in [0.05, 0.1) is 22.8 Å². The number of nitrogens with one attached hydrogen (secondary N) is 1. The summed E-state index contributed by atoms with van der Waals surface area (Å²) in [5.74, 6) is -1.34. The molecule has 8 nitrogen and oxygen atoms in total. The molecule has 0 spiro atoms. The van der Waals surface area contributed by atoms with Crippen molar-refractivity contribution in [3.8, 4) is 11.3 Å². The lowest BCUT2D eigenvalue weighted by Crippen LogP contribution is -2.22. The zero-order chi connectivity index (χ0) is 24.9. The summed E-state index contributed by atoms with van der Waals surface area (Å²) in [5.41, 5.74) is 1.86. The van der Waals surface area contributed by atoms with Gasteiger partial charge in [0, 0.05) is 10.4 Å². The predicted molar refractivity (Wildman–Crippen MR) is 130 cm³/mol. The molecule has 0 fully saturated rings. The minimum Gasteiger partial charge on any atom is -0.462 e. The molecule has 1 N–H and O–H groups in total. The second-order valence-corrected chi connectivity index (χ2v) is 9.29. The molecule has 0 radical (unpaired) electrons. The van der Waals surface area contributed by atoms with Gasteiger partial charge in [-0.05, 0) is 68.5 Å². The van der Waals surface area contributed by atoms with Gasteiger partial charge in [0.1, 0.15) is 10.8 Å². The minimum absolute atomic E-state index is 0.0415. The van der Waals surface area contributed by atoms with Crippen LogP contribution in [0.25, 0.3) is 11.3 Å². The molecule has 4 rings (SSSR count). The fourth-order valence-electron chi connectivity index (χ4n) is 3.85. The van der Waals surface area contributed by atoms with Crippen LogP contribution in [0.15, 0.2) is 34.7 Å². The Labute approximate surface area is 210 Å². The molecule has 0 aliphatic heterocycles. The van der Waals surface area contributed by atoms with Crippen molar-refractivity contribution in [2.24, 2.45) is 0 Å². The van der Waals surface area contributed by atoms with Crippen LogP contribution in [-0.2, 0) is 27.1 Å².